The minimum Gasteiger partial charge on any atom is -0.478 e. The van der Waals surface area contributed by atoms with E-state index < -0.39 is 5.97 Å². The molecule has 0 amide bonds. The van der Waals surface area contributed by atoms with E-state index in [2.05, 4.69) is 10.3 Å². The van der Waals surface area contributed by atoms with E-state index in [9.17, 15) is 4.79 Å². The molecule has 0 bridgehead atoms. The van der Waals surface area contributed by atoms with Crippen LogP contribution in [0.3, 0.4) is 0 Å². The van der Waals surface area contributed by atoms with Crippen LogP contribution in [0.15, 0.2) is 24.3 Å². The van der Waals surface area contributed by atoms with Crippen molar-refractivity contribution in [3.05, 3.63) is 40.5 Å². The van der Waals surface area contributed by atoms with Crippen molar-refractivity contribution >= 4 is 28.5 Å². The summed E-state index contributed by atoms with van der Waals surface area (Å²) < 4.78 is 0. The fourth-order valence-corrected chi connectivity index (χ4v) is 1.87. The molecule has 1 aromatic heterocycles. The lowest BCUT2D eigenvalue weighted by molar-refractivity contribution is 0.0699. The van der Waals surface area contributed by atoms with Gasteiger partial charge in [0.15, 0.2) is 0 Å². The Bertz CT molecular complexity index is 584. The molecule has 0 aliphatic carbocycles. The van der Waals surface area contributed by atoms with E-state index >= 15 is 0 Å². The number of rotatable bonds is 3. The molecular formula is C12H11ClN2O2. The maximum absolute atomic E-state index is 11.2. The van der Waals surface area contributed by atoms with Crippen LogP contribution in [0.25, 0.3) is 10.9 Å². The summed E-state index contributed by atoms with van der Waals surface area (Å²) in [4.78, 5) is 15.5. The van der Waals surface area contributed by atoms with E-state index in [1.165, 1.54) is 0 Å². The van der Waals surface area contributed by atoms with E-state index in [1.807, 2.05) is 0 Å². The summed E-state index contributed by atoms with van der Waals surface area (Å²) in [5, 5.41) is 13.2. The number of pyridine rings is 1. The number of carbonyl (C=O) groups is 1. The summed E-state index contributed by atoms with van der Waals surface area (Å²) >= 11 is 5.88. The molecule has 0 aliphatic rings. The molecule has 0 saturated heterocycles. The van der Waals surface area contributed by atoms with Crippen molar-refractivity contribution in [1.29, 1.82) is 0 Å². The fourth-order valence-electron chi connectivity index (χ4n) is 1.71. The van der Waals surface area contributed by atoms with Crippen molar-refractivity contribution in [1.82, 2.24) is 10.3 Å². The van der Waals surface area contributed by atoms with Gasteiger partial charge in [0.25, 0.3) is 0 Å². The van der Waals surface area contributed by atoms with Gasteiger partial charge in [-0.05, 0) is 25.2 Å². The summed E-state index contributed by atoms with van der Waals surface area (Å²) in [5.41, 5.74) is 1.53. The number of aromatic carboxylic acids is 1. The third-order valence-corrected chi connectivity index (χ3v) is 2.65. The average Bonchev–Trinajstić information content (AvgIpc) is 2.27. The molecule has 0 spiro atoms. The largest absolute Gasteiger partial charge is 0.478 e. The molecule has 0 saturated carbocycles. The number of aromatic nitrogens is 1. The van der Waals surface area contributed by atoms with Crippen LogP contribution < -0.4 is 5.32 Å². The molecule has 0 unspecified atom stereocenters. The van der Waals surface area contributed by atoms with Crippen molar-refractivity contribution in [2.45, 2.75) is 6.54 Å². The topological polar surface area (TPSA) is 62.2 Å². The third kappa shape index (κ3) is 2.38. The van der Waals surface area contributed by atoms with Crippen molar-refractivity contribution < 1.29 is 9.90 Å². The fraction of sp³-hybridized carbons (Fsp3) is 0.167. The predicted molar refractivity (Wildman–Crippen MR) is 66.5 cm³/mol. The van der Waals surface area contributed by atoms with Crippen LogP contribution in [-0.4, -0.2) is 23.1 Å². The zero-order valence-corrected chi connectivity index (χ0v) is 9.95. The smallest absolute Gasteiger partial charge is 0.336 e. The van der Waals surface area contributed by atoms with Crippen molar-refractivity contribution in [3.63, 3.8) is 0 Å². The number of nitrogens with one attached hydrogen (secondary N) is 1. The standard InChI is InChI=1S/C12H11ClN2O2/c1-14-6-8-5-10(12(16)17)9-3-2-7(13)4-11(9)15-8/h2-5,14H,6H2,1H3,(H,16,17). The van der Waals surface area contributed by atoms with Crippen molar-refractivity contribution in [2.75, 3.05) is 7.05 Å². The molecule has 1 heterocycles. The second kappa shape index (κ2) is 4.69. The van der Waals surface area contributed by atoms with Gasteiger partial charge in [-0.2, -0.15) is 0 Å². The molecule has 0 fully saturated rings. The first kappa shape index (κ1) is 11.8. The van der Waals surface area contributed by atoms with Crippen LogP contribution in [0.5, 0.6) is 0 Å². The summed E-state index contributed by atoms with van der Waals surface area (Å²) in [6, 6.07) is 6.59. The zero-order chi connectivity index (χ0) is 12.4. The monoisotopic (exact) mass is 250 g/mol. The first-order valence-electron chi connectivity index (χ1n) is 5.09. The Labute approximate surface area is 103 Å². The van der Waals surface area contributed by atoms with E-state index in [1.54, 1.807) is 31.3 Å². The first-order chi connectivity index (χ1) is 8.11. The quantitative estimate of drug-likeness (QED) is 0.878. The number of hydrogen-bond donors (Lipinski definition) is 2. The van der Waals surface area contributed by atoms with Crippen LogP contribution >= 0.6 is 11.6 Å². The summed E-state index contributed by atoms with van der Waals surface area (Å²) in [6.45, 7) is 0.517. The minimum atomic E-state index is -0.961. The van der Waals surface area contributed by atoms with Crippen LogP contribution in [0, 0.1) is 0 Å². The third-order valence-electron chi connectivity index (χ3n) is 2.41. The Morgan fingerprint density at radius 3 is 2.88 bits per heavy atom. The number of nitrogens with zero attached hydrogens (tertiary/aromatic N) is 1. The number of fused-ring (bicyclic) bond motifs is 1. The van der Waals surface area contributed by atoms with E-state index in [0.29, 0.717) is 28.2 Å². The highest BCUT2D eigenvalue weighted by atomic mass is 35.5. The molecule has 5 heteroatoms. The molecule has 2 aromatic rings. The highest BCUT2D eigenvalue weighted by Crippen LogP contribution is 2.22. The Morgan fingerprint density at radius 2 is 2.24 bits per heavy atom. The van der Waals surface area contributed by atoms with Gasteiger partial charge in [0.1, 0.15) is 0 Å². The van der Waals surface area contributed by atoms with Gasteiger partial charge in [-0.15, -0.1) is 0 Å². The number of hydrogen-bond acceptors (Lipinski definition) is 3. The Morgan fingerprint density at radius 1 is 1.47 bits per heavy atom. The lowest BCUT2D eigenvalue weighted by atomic mass is 10.1. The van der Waals surface area contributed by atoms with Gasteiger partial charge in [-0.3, -0.25) is 4.98 Å². The summed E-state index contributed by atoms with van der Waals surface area (Å²) in [5.74, 6) is -0.961. The highest BCUT2D eigenvalue weighted by molar-refractivity contribution is 6.31. The molecule has 0 aliphatic heterocycles. The number of carboxylic acid groups (broad SMARTS) is 1. The maximum Gasteiger partial charge on any atom is 0.336 e. The van der Waals surface area contributed by atoms with Gasteiger partial charge in [0.2, 0.25) is 0 Å². The van der Waals surface area contributed by atoms with Crippen LogP contribution in [0.1, 0.15) is 16.1 Å². The second-order valence-electron chi connectivity index (χ2n) is 3.66. The number of benzene rings is 1. The minimum absolute atomic E-state index is 0.247. The molecule has 4 nitrogen and oxygen atoms in total. The predicted octanol–water partition coefficient (Wildman–Crippen LogP) is 2.31. The van der Waals surface area contributed by atoms with Crippen molar-refractivity contribution in [2.24, 2.45) is 0 Å². The van der Waals surface area contributed by atoms with Crippen LogP contribution in [0.4, 0.5) is 0 Å². The number of carboxylic acids is 1. The van der Waals surface area contributed by atoms with Gasteiger partial charge in [0, 0.05) is 17.0 Å². The van der Waals surface area contributed by atoms with Gasteiger partial charge in [-0.1, -0.05) is 17.7 Å². The Balaban J connectivity index is 2.71. The lowest BCUT2D eigenvalue weighted by Gasteiger charge is -2.06. The Hall–Kier alpha value is -1.65. The van der Waals surface area contributed by atoms with E-state index in [0.717, 1.165) is 0 Å². The van der Waals surface area contributed by atoms with Gasteiger partial charge in [0.05, 0.1) is 16.8 Å². The molecule has 17 heavy (non-hydrogen) atoms. The van der Waals surface area contributed by atoms with Gasteiger partial charge in [-0.25, -0.2) is 4.79 Å². The van der Waals surface area contributed by atoms with Crippen molar-refractivity contribution in [3.8, 4) is 0 Å². The molecule has 0 atom stereocenters. The molecule has 0 radical (unpaired) electrons. The molecule has 2 rings (SSSR count). The first-order valence-corrected chi connectivity index (χ1v) is 5.46. The Kier molecular flexibility index (Phi) is 3.26. The zero-order valence-electron chi connectivity index (χ0n) is 9.20. The van der Waals surface area contributed by atoms with Crippen LogP contribution in [-0.2, 0) is 6.54 Å². The molecule has 2 N–H and O–H groups in total. The summed E-state index contributed by atoms with van der Waals surface area (Å²) in [7, 11) is 1.78. The number of halogens is 1. The molecular weight excluding hydrogens is 240 g/mol. The van der Waals surface area contributed by atoms with Crippen LogP contribution in [0.2, 0.25) is 5.02 Å². The maximum atomic E-state index is 11.2. The molecule has 88 valence electrons. The SMILES string of the molecule is CNCc1cc(C(=O)O)c2ccc(Cl)cc2n1. The summed E-state index contributed by atoms with van der Waals surface area (Å²) in [6.07, 6.45) is 0. The second-order valence-corrected chi connectivity index (χ2v) is 4.09. The normalized spacial score (nSPS) is 10.7. The average molecular weight is 251 g/mol. The highest BCUT2D eigenvalue weighted by Gasteiger charge is 2.11. The van der Waals surface area contributed by atoms with Gasteiger partial charge < -0.3 is 10.4 Å². The van der Waals surface area contributed by atoms with E-state index in [-0.39, 0.29) is 5.56 Å². The van der Waals surface area contributed by atoms with Gasteiger partial charge >= 0.3 is 5.97 Å². The van der Waals surface area contributed by atoms with E-state index in [4.69, 9.17) is 16.7 Å². The lowest BCUT2D eigenvalue weighted by Crippen LogP contribution is -2.09. The molecule has 1 aromatic carbocycles.